The third kappa shape index (κ3) is 6.12. The van der Waals surface area contributed by atoms with Gasteiger partial charge in [0.05, 0.1) is 6.54 Å². The average molecular weight is 486 g/mol. The predicted molar refractivity (Wildman–Crippen MR) is 119 cm³/mol. The molecule has 1 saturated carbocycles. The number of nitrogens with zero attached hydrogens (tertiary/aromatic N) is 2. The van der Waals surface area contributed by atoms with Crippen LogP contribution < -0.4 is 15.4 Å². The van der Waals surface area contributed by atoms with E-state index in [9.17, 15) is 0 Å². The van der Waals surface area contributed by atoms with Crippen LogP contribution in [0.2, 0.25) is 0 Å². The molecule has 2 aromatic heterocycles. The van der Waals surface area contributed by atoms with Crippen molar-refractivity contribution in [2.45, 2.75) is 51.8 Å². The second kappa shape index (κ2) is 10.7. The molecule has 0 aliphatic heterocycles. The molecule has 0 amide bonds. The first kappa shape index (κ1) is 21.0. The van der Waals surface area contributed by atoms with Gasteiger partial charge in [0.2, 0.25) is 5.88 Å². The summed E-state index contributed by atoms with van der Waals surface area (Å²) < 4.78 is 6.09. The molecule has 2 heterocycles. The van der Waals surface area contributed by atoms with Gasteiger partial charge in [-0.3, -0.25) is 4.99 Å². The summed E-state index contributed by atoms with van der Waals surface area (Å²) in [6.07, 6.45) is 6.88. The lowest BCUT2D eigenvalue weighted by molar-refractivity contribution is 0.199. The first-order valence-corrected chi connectivity index (χ1v) is 9.66. The van der Waals surface area contributed by atoms with Crippen LogP contribution in [0.5, 0.6) is 5.88 Å². The number of pyridine rings is 1. The summed E-state index contributed by atoms with van der Waals surface area (Å²) in [7, 11) is 1.79. The van der Waals surface area contributed by atoms with Crippen molar-refractivity contribution in [1.29, 1.82) is 0 Å². The second-order valence-corrected chi connectivity index (χ2v) is 7.66. The lowest BCUT2D eigenvalue weighted by Crippen LogP contribution is -2.36. The van der Waals surface area contributed by atoms with E-state index in [1.165, 1.54) is 22.6 Å². The Labute approximate surface area is 176 Å². The summed E-state index contributed by atoms with van der Waals surface area (Å²) in [6.45, 7) is 3.53. The zero-order valence-electron chi connectivity index (χ0n) is 15.3. The third-order valence-corrected chi connectivity index (χ3v) is 5.33. The molecule has 1 fully saturated rings. The van der Waals surface area contributed by atoms with Crippen LogP contribution in [0.4, 0.5) is 0 Å². The van der Waals surface area contributed by atoms with Gasteiger partial charge in [0, 0.05) is 35.1 Å². The van der Waals surface area contributed by atoms with Crippen molar-refractivity contribution in [2.24, 2.45) is 4.99 Å². The minimum absolute atomic E-state index is 0. The number of hydrogen-bond acceptors (Lipinski definition) is 4. The van der Waals surface area contributed by atoms with Gasteiger partial charge >= 0.3 is 0 Å². The van der Waals surface area contributed by atoms with Gasteiger partial charge in [-0.1, -0.05) is 6.07 Å². The van der Waals surface area contributed by atoms with Gasteiger partial charge in [0.25, 0.3) is 0 Å². The molecule has 26 heavy (non-hydrogen) atoms. The van der Waals surface area contributed by atoms with E-state index in [0.717, 1.165) is 36.8 Å². The molecule has 5 nitrogen and oxygen atoms in total. The molecule has 2 N–H and O–H groups in total. The van der Waals surface area contributed by atoms with Crippen molar-refractivity contribution >= 4 is 41.3 Å². The highest BCUT2D eigenvalue weighted by Gasteiger charge is 2.18. The van der Waals surface area contributed by atoms with E-state index in [1.807, 2.05) is 6.07 Å². The Morgan fingerprint density at radius 3 is 2.69 bits per heavy atom. The van der Waals surface area contributed by atoms with Gasteiger partial charge in [0.1, 0.15) is 6.10 Å². The van der Waals surface area contributed by atoms with E-state index in [2.05, 4.69) is 45.7 Å². The molecular weight excluding hydrogens is 459 g/mol. The molecule has 0 bridgehead atoms. The lowest BCUT2D eigenvalue weighted by atomic mass is 10.2. The monoisotopic (exact) mass is 486 g/mol. The summed E-state index contributed by atoms with van der Waals surface area (Å²) in [4.78, 5) is 11.3. The number of thiophene rings is 1. The van der Waals surface area contributed by atoms with Crippen molar-refractivity contribution in [2.75, 3.05) is 7.05 Å². The second-order valence-electron chi connectivity index (χ2n) is 6.28. The number of nitrogens with one attached hydrogen (secondary N) is 2. The maximum absolute atomic E-state index is 6.09. The van der Waals surface area contributed by atoms with Crippen LogP contribution in [0, 0.1) is 6.92 Å². The quantitative estimate of drug-likeness (QED) is 0.364. The molecule has 0 saturated heterocycles. The number of halogens is 1. The normalized spacial score (nSPS) is 14.8. The molecule has 0 spiro atoms. The molecule has 0 unspecified atom stereocenters. The summed E-state index contributed by atoms with van der Waals surface area (Å²) in [5, 5.41) is 6.70. The van der Waals surface area contributed by atoms with Crippen LogP contribution >= 0.6 is 35.3 Å². The lowest BCUT2D eigenvalue weighted by Gasteiger charge is -2.16. The maximum atomic E-state index is 6.09. The zero-order chi connectivity index (χ0) is 17.5. The number of aliphatic imine (C=N–C) groups is 1. The van der Waals surface area contributed by atoms with Crippen LogP contribution in [0.15, 0.2) is 35.5 Å². The van der Waals surface area contributed by atoms with Crippen molar-refractivity contribution < 1.29 is 4.74 Å². The van der Waals surface area contributed by atoms with Crippen LogP contribution in [0.25, 0.3) is 0 Å². The highest BCUT2D eigenvalue weighted by molar-refractivity contribution is 14.0. The predicted octanol–water partition coefficient (Wildman–Crippen LogP) is 4.26. The Balaban J connectivity index is 0.00000243. The summed E-state index contributed by atoms with van der Waals surface area (Å²) >= 11 is 1.80. The van der Waals surface area contributed by atoms with E-state index in [4.69, 9.17) is 4.74 Å². The van der Waals surface area contributed by atoms with Gasteiger partial charge < -0.3 is 15.4 Å². The summed E-state index contributed by atoms with van der Waals surface area (Å²) in [5.74, 6) is 1.52. The SMILES string of the molecule is CN=C(NCc1ccc(C)s1)NCc1cccnc1OC1CCCC1.I. The number of guanidine groups is 1. The first-order valence-electron chi connectivity index (χ1n) is 8.85. The number of ether oxygens (including phenoxy) is 1. The Hall–Kier alpha value is -1.35. The molecule has 7 heteroatoms. The molecule has 1 aliphatic carbocycles. The van der Waals surface area contributed by atoms with E-state index in [1.54, 1.807) is 24.6 Å². The minimum Gasteiger partial charge on any atom is -0.474 e. The molecule has 0 aromatic carbocycles. The fraction of sp³-hybridized carbons (Fsp3) is 0.474. The van der Waals surface area contributed by atoms with Gasteiger partial charge in [-0.25, -0.2) is 4.98 Å². The standard InChI is InChI=1S/C19H26N4OS.HI/c1-14-9-10-17(25-14)13-23-19(20-2)22-12-15-6-5-11-21-18(15)24-16-7-3-4-8-16;/h5-6,9-11,16H,3-4,7-8,12-13H2,1-2H3,(H2,20,22,23);1H. The Kier molecular flexibility index (Phi) is 8.64. The van der Waals surface area contributed by atoms with Crippen molar-refractivity contribution in [3.63, 3.8) is 0 Å². The highest BCUT2D eigenvalue weighted by atomic mass is 127. The van der Waals surface area contributed by atoms with Crippen LogP contribution in [0.1, 0.15) is 41.0 Å². The van der Waals surface area contributed by atoms with Crippen molar-refractivity contribution in [3.8, 4) is 5.88 Å². The molecule has 3 rings (SSSR count). The topological polar surface area (TPSA) is 58.5 Å². The van der Waals surface area contributed by atoms with Gasteiger partial charge in [-0.15, -0.1) is 35.3 Å². The summed E-state index contributed by atoms with van der Waals surface area (Å²) in [5.41, 5.74) is 1.06. The first-order chi connectivity index (χ1) is 12.2. The van der Waals surface area contributed by atoms with Crippen LogP contribution in [0.3, 0.4) is 0 Å². The molecular formula is C19H27IN4OS. The zero-order valence-corrected chi connectivity index (χ0v) is 18.5. The molecule has 1 aliphatic rings. The largest absolute Gasteiger partial charge is 0.474 e. The van der Waals surface area contributed by atoms with E-state index in [-0.39, 0.29) is 24.0 Å². The van der Waals surface area contributed by atoms with Crippen LogP contribution in [-0.4, -0.2) is 24.1 Å². The molecule has 0 radical (unpaired) electrons. The number of aryl methyl sites for hydroxylation is 1. The smallest absolute Gasteiger partial charge is 0.218 e. The average Bonchev–Trinajstić information content (AvgIpc) is 3.28. The Morgan fingerprint density at radius 2 is 2.00 bits per heavy atom. The minimum atomic E-state index is 0. The van der Waals surface area contributed by atoms with Gasteiger partial charge in [-0.2, -0.15) is 0 Å². The number of hydrogen-bond donors (Lipinski definition) is 2. The third-order valence-electron chi connectivity index (χ3n) is 4.33. The van der Waals surface area contributed by atoms with E-state index in [0.29, 0.717) is 12.6 Å². The van der Waals surface area contributed by atoms with Crippen LogP contribution in [-0.2, 0) is 13.1 Å². The fourth-order valence-electron chi connectivity index (χ4n) is 2.98. The van der Waals surface area contributed by atoms with Crippen molar-refractivity contribution in [3.05, 3.63) is 45.8 Å². The van der Waals surface area contributed by atoms with Gasteiger partial charge in [-0.05, 0) is 50.8 Å². The highest BCUT2D eigenvalue weighted by Crippen LogP contribution is 2.24. The number of rotatable bonds is 6. The van der Waals surface area contributed by atoms with E-state index < -0.39 is 0 Å². The molecule has 142 valence electrons. The summed E-state index contributed by atoms with van der Waals surface area (Å²) in [6, 6.07) is 8.29. The van der Waals surface area contributed by atoms with Crippen molar-refractivity contribution in [1.82, 2.24) is 15.6 Å². The molecule has 2 aromatic rings. The van der Waals surface area contributed by atoms with Gasteiger partial charge in [0.15, 0.2) is 5.96 Å². The fourth-order valence-corrected chi connectivity index (χ4v) is 3.81. The Bertz CT molecular complexity index is 713. The Morgan fingerprint density at radius 1 is 1.23 bits per heavy atom. The molecule has 0 atom stereocenters. The maximum Gasteiger partial charge on any atom is 0.218 e. The van der Waals surface area contributed by atoms with E-state index >= 15 is 0 Å². The number of aromatic nitrogens is 1.